The molecule has 0 aliphatic rings. The predicted octanol–water partition coefficient (Wildman–Crippen LogP) is 0.323. The highest BCUT2D eigenvalue weighted by atomic mass is 16.3. The van der Waals surface area contributed by atoms with Crippen LogP contribution in [0.4, 0.5) is 0 Å². The van der Waals surface area contributed by atoms with Crippen LogP contribution in [0, 0.1) is 0 Å². The number of aliphatic hydroxyl groups excluding tert-OH is 1. The average molecular weight is 159 g/mol. The smallest absolute Gasteiger partial charge is 0.139 e. The zero-order valence-corrected chi connectivity index (χ0v) is 7.59. The maximum Gasteiger partial charge on any atom is 0.139 e. The van der Waals surface area contributed by atoms with E-state index in [1.807, 2.05) is 20.8 Å². The van der Waals surface area contributed by atoms with Gasteiger partial charge in [0.05, 0.1) is 12.1 Å². The van der Waals surface area contributed by atoms with E-state index in [0.717, 1.165) is 6.29 Å². The Morgan fingerprint density at radius 1 is 1.45 bits per heavy atom. The van der Waals surface area contributed by atoms with E-state index in [-0.39, 0.29) is 5.54 Å². The second kappa shape index (κ2) is 3.83. The van der Waals surface area contributed by atoms with Crippen LogP contribution in [0.3, 0.4) is 0 Å². The Morgan fingerprint density at radius 3 is 2.00 bits per heavy atom. The van der Waals surface area contributed by atoms with Crippen molar-refractivity contribution in [2.45, 2.75) is 45.4 Å². The molecule has 11 heavy (non-hydrogen) atoms. The minimum atomic E-state index is -0.633. The molecule has 0 aromatic carbocycles. The molecular formula is C8H17NO2. The second-order valence-corrected chi connectivity index (χ2v) is 3.80. The summed E-state index contributed by atoms with van der Waals surface area (Å²) < 4.78 is 0. The van der Waals surface area contributed by atoms with Gasteiger partial charge in [-0.1, -0.05) is 0 Å². The number of carbonyl (C=O) groups is 1. The number of aliphatic hydroxyl groups is 1. The lowest BCUT2D eigenvalue weighted by molar-refractivity contribution is -0.112. The summed E-state index contributed by atoms with van der Waals surface area (Å²) in [7, 11) is 0. The van der Waals surface area contributed by atoms with Gasteiger partial charge in [-0.15, -0.1) is 0 Å². The van der Waals surface area contributed by atoms with Gasteiger partial charge in [0.15, 0.2) is 0 Å². The highest BCUT2D eigenvalue weighted by molar-refractivity contribution is 5.58. The molecule has 0 amide bonds. The minimum Gasteiger partial charge on any atom is -0.391 e. The molecule has 0 bridgehead atoms. The Balaban J connectivity index is 3.99. The van der Waals surface area contributed by atoms with Crippen LogP contribution in [-0.2, 0) is 4.79 Å². The molecule has 0 fully saturated rings. The first-order chi connectivity index (χ1) is 4.87. The summed E-state index contributed by atoms with van der Waals surface area (Å²) in [6, 6.07) is -0.463. The van der Waals surface area contributed by atoms with Crippen molar-refractivity contribution in [1.82, 2.24) is 5.32 Å². The van der Waals surface area contributed by atoms with E-state index in [1.54, 1.807) is 6.92 Å². The van der Waals surface area contributed by atoms with Crippen LogP contribution < -0.4 is 5.32 Å². The first kappa shape index (κ1) is 10.6. The Morgan fingerprint density at radius 2 is 1.91 bits per heavy atom. The van der Waals surface area contributed by atoms with Crippen LogP contribution in [0.2, 0.25) is 0 Å². The monoisotopic (exact) mass is 159 g/mol. The van der Waals surface area contributed by atoms with E-state index in [9.17, 15) is 4.79 Å². The highest BCUT2D eigenvalue weighted by Crippen LogP contribution is 2.02. The summed E-state index contributed by atoms with van der Waals surface area (Å²) in [4.78, 5) is 10.4. The molecule has 0 radical (unpaired) electrons. The van der Waals surface area contributed by atoms with Gasteiger partial charge in [-0.25, -0.2) is 0 Å². The molecule has 2 atom stereocenters. The van der Waals surface area contributed by atoms with Gasteiger partial charge in [0.2, 0.25) is 0 Å². The van der Waals surface area contributed by atoms with Crippen molar-refractivity contribution >= 4 is 6.29 Å². The summed E-state index contributed by atoms with van der Waals surface area (Å²) in [6.07, 6.45) is 0.0994. The lowest BCUT2D eigenvalue weighted by atomic mass is 10.1. The molecule has 66 valence electrons. The molecule has 0 spiro atoms. The molecule has 0 aliphatic carbocycles. The zero-order chi connectivity index (χ0) is 9.07. The van der Waals surface area contributed by atoms with Crippen LogP contribution in [0.15, 0.2) is 0 Å². The van der Waals surface area contributed by atoms with Gasteiger partial charge in [0.1, 0.15) is 6.29 Å². The largest absolute Gasteiger partial charge is 0.391 e. The number of hydrogen-bond donors (Lipinski definition) is 2. The number of nitrogens with one attached hydrogen (secondary N) is 1. The van der Waals surface area contributed by atoms with Gasteiger partial charge in [0.25, 0.3) is 0 Å². The van der Waals surface area contributed by atoms with Crippen molar-refractivity contribution in [1.29, 1.82) is 0 Å². The van der Waals surface area contributed by atoms with Gasteiger partial charge in [-0.05, 0) is 27.7 Å². The Kier molecular flexibility index (Phi) is 3.69. The van der Waals surface area contributed by atoms with Crippen LogP contribution >= 0.6 is 0 Å². The van der Waals surface area contributed by atoms with Crippen molar-refractivity contribution in [2.24, 2.45) is 0 Å². The summed E-state index contributed by atoms with van der Waals surface area (Å²) in [5.41, 5.74) is -0.136. The van der Waals surface area contributed by atoms with E-state index < -0.39 is 12.1 Å². The summed E-state index contributed by atoms with van der Waals surface area (Å²) in [5.74, 6) is 0. The highest BCUT2D eigenvalue weighted by Gasteiger charge is 2.19. The molecule has 0 saturated carbocycles. The lowest BCUT2D eigenvalue weighted by Gasteiger charge is -2.26. The van der Waals surface area contributed by atoms with Gasteiger partial charge >= 0.3 is 0 Å². The molecule has 0 heterocycles. The second-order valence-electron chi connectivity index (χ2n) is 3.80. The molecule has 2 N–H and O–H groups in total. The summed E-state index contributed by atoms with van der Waals surface area (Å²) >= 11 is 0. The molecular weight excluding hydrogens is 142 g/mol. The SMILES string of the molecule is C[C@H](O)[C@H](C=O)NC(C)(C)C. The molecule has 0 unspecified atom stereocenters. The predicted molar refractivity (Wildman–Crippen MR) is 44.4 cm³/mol. The Labute approximate surface area is 67.8 Å². The van der Waals surface area contributed by atoms with Crippen molar-refractivity contribution in [2.75, 3.05) is 0 Å². The molecule has 0 aliphatic heterocycles. The van der Waals surface area contributed by atoms with Crippen molar-refractivity contribution in [3.63, 3.8) is 0 Å². The van der Waals surface area contributed by atoms with Crippen LogP contribution in [-0.4, -0.2) is 29.1 Å². The third-order valence-electron chi connectivity index (χ3n) is 1.27. The quantitative estimate of drug-likeness (QED) is 0.583. The maximum atomic E-state index is 10.4. The first-order valence-corrected chi connectivity index (χ1v) is 3.78. The van der Waals surface area contributed by atoms with E-state index in [1.165, 1.54) is 0 Å². The standard InChI is InChI=1S/C8H17NO2/c1-6(11)7(5-10)9-8(2,3)4/h5-7,9,11H,1-4H3/t6-,7-/m0/s1. The maximum absolute atomic E-state index is 10.4. The number of hydrogen-bond acceptors (Lipinski definition) is 3. The molecule has 0 aromatic heterocycles. The van der Waals surface area contributed by atoms with Crippen molar-refractivity contribution in [3.8, 4) is 0 Å². The Hall–Kier alpha value is -0.410. The van der Waals surface area contributed by atoms with Gasteiger partial charge in [0, 0.05) is 5.54 Å². The lowest BCUT2D eigenvalue weighted by Crippen LogP contribution is -2.49. The fourth-order valence-electron chi connectivity index (χ4n) is 0.768. The summed E-state index contributed by atoms with van der Waals surface area (Å²) in [5, 5.41) is 12.1. The molecule has 0 saturated heterocycles. The number of carbonyl (C=O) groups excluding carboxylic acids is 1. The zero-order valence-electron chi connectivity index (χ0n) is 7.59. The van der Waals surface area contributed by atoms with E-state index >= 15 is 0 Å². The van der Waals surface area contributed by atoms with Gasteiger partial charge in [-0.3, -0.25) is 0 Å². The van der Waals surface area contributed by atoms with Crippen molar-refractivity contribution in [3.05, 3.63) is 0 Å². The number of rotatable bonds is 3. The van der Waals surface area contributed by atoms with E-state index in [2.05, 4.69) is 5.32 Å². The third-order valence-corrected chi connectivity index (χ3v) is 1.27. The first-order valence-electron chi connectivity index (χ1n) is 3.78. The molecule has 0 rings (SSSR count). The minimum absolute atomic E-state index is 0.136. The van der Waals surface area contributed by atoms with Crippen LogP contribution in [0.25, 0.3) is 0 Å². The van der Waals surface area contributed by atoms with E-state index in [0.29, 0.717) is 0 Å². The normalized spacial score (nSPS) is 17.5. The third kappa shape index (κ3) is 4.93. The average Bonchev–Trinajstić information content (AvgIpc) is 1.80. The topological polar surface area (TPSA) is 49.3 Å². The van der Waals surface area contributed by atoms with E-state index in [4.69, 9.17) is 5.11 Å². The molecule has 3 nitrogen and oxygen atoms in total. The fraction of sp³-hybridized carbons (Fsp3) is 0.875. The molecule has 3 heteroatoms. The fourth-order valence-corrected chi connectivity index (χ4v) is 0.768. The number of aldehydes is 1. The van der Waals surface area contributed by atoms with Gasteiger partial charge < -0.3 is 15.2 Å². The van der Waals surface area contributed by atoms with Crippen molar-refractivity contribution < 1.29 is 9.90 Å². The van der Waals surface area contributed by atoms with Crippen LogP contribution in [0.1, 0.15) is 27.7 Å². The summed E-state index contributed by atoms with van der Waals surface area (Å²) in [6.45, 7) is 7.45. The Bertz CT molecular complexity index is 127. The van der Waals surface area contributed by atoms with Gasteiger partial charge in [-0.2, -0.15) is 0 Å². The molecule has 0 aromatic rings. The van der Waals surface area contributed by atoms with Crippen LogP contribution in [0.5, 0.6) is 0 Å².